The van der Waals surface area contributed by atoms with Crippen molar-refractivity contribution in [1.82, 2.24) is 0 Å². The van der Waals surface area contributed by atoms with E-state index in [1.54, 1.807) is 14.2 Å². The quantitative estimate of drug-likeness (QED) is 0.600. The van der Waals surface area contributed by atoms with Gasteiger partial charge in [0, 0.05) is 14.2 Å². The molecule has 2 fully saturated rings. The van der Waals surface area contributed by atoms with Crippen LogP contribution >= 0.6 is 0 Å². The number of fused-ring (bicyclic) bond motifs is 1. The summed E-state index contributed by atoms with van der Waals surface area (Å²) in [7, 11) is 3.16. The van der Waals surface area contributed by atoms with Crippen LogP contribution in [0.3, 0.4) is 0 Å². The Bertz CT molecular complexity index is 156. The standard InChI is InChI=1S/C8H14O5/c1-9-7-5-6(8(10-2)13-7)12-4-3-11-5/h5-8H,3-4H2,1-2H3. The second kappa shape index (κ2) is 3.89. The van der Waals surface area contributed by atoms with Gasteiger partial charge in [0.2, 0.25) is 0 Å². The fourth-order valence-corrected chi connectivity index (χ4v) is 1.69. The third kappa shape index (κ3) is 1.58. The molecule has 4 atom stereocenters. The Balaban J connectivity index is 2.05. The summed E-state index contributed by atoms with van der Waals surface area (Å²) >= 11 is 0. The highest BCUT2D eigenvalue weighted by atomic mass is 16.8. The second-order valence-corrected chi connectivity index (χ2v) is 3.02. The van der Waals surface area contributed by atoms with E-state index >= 15 is 0 Å². The van der Waals surface area contributed by atoms with Crippen LogP contribution in [0.15, 0.2) is 0 Å². The molecule has 13 heavy (non-hydrogen) atoms. The first kappa shape index (κ1) is 9.36. The summed E-state index contributed by atoms with van der Waals surface area (Å²) < 4.78 is 26.6. The molecule has 0 aromatic carbocycles. The maximum Gasteiger partial charge on any atom is 0.189 e. The van der Waals surface area contributed by atoms with E-state index in [1.165, 1.54) is 0 Å². The minimum Gasteiger partial charge on any atom is -0.368 e. The number of methoxy groups -OCH3 is 2. The van der Waals surface area contributed by atoms with E-state index in [0.717, 1.165) is 0 Å². The zero-order valence-corrected chi connectivity index (χ0v) is 7.76. The molecule has 0 spiro atoms. The maximum absolute atomic E-state index is 5.48. The first-order chi connectivity index (χ1) is 6.36. The largest absolute Gasteiger partial charge is 0.368 e. The Morgan fingerprint density at radius 2 is 1.38 bits per heavy atom. The highest BCUT2D eigenvalue weighted by Gasteiger charge is 2.48. The molecule has 0 aromatic heterocycles. The Morgan fingerprint density at radius 3 is 1.77 bits per heavy atom. The average Bonchev–Trinajstić information content (AvgIpc) is 2.56. The average molecular weight is 190 g/mol. The fraction of sp³-hybridized carbons (Fsp3) is 1.00. The molecule has 0 saturated carbocycles. The second-order valence-electron chi connectivity index (χ2n) is 3.02. The van der Waals surface area contributed by atoms with E-state index in [-0.39, 0.29) is 24.8 Å². The Labute approximate surface area is 76.8 Å². The van der Waals surface area contributed by atoms with Crippen LogP contribution in [0.4, 0.5) is 0 Å². The molecule has 0 N–H and O–H groups in total. The highest BCUT2D eigenvalue weighted by molar-refractivity contribution is 4.86. The van der Waals surface area contributed by atoms with Gasteiger partial charge < -0.3 is 23.7 Å². The lowest BCUT2D eigenvalue weighted by Crippen LogP contribution is -2.43. The monoisotopic (exact) mass is 190 g/mol. The number of ether oxygens (including phenoxy) is 5. The summed E-state index contributed by atoms with van der Waals surface area (Å²) in [5.41, 5.74) is 0. The summed E-state index contributed by atoms with van der Waals surface area (Å²) in [6.07, 6.45) is -1.09. The van der Waals surface area contributed by atoms with Crippen LogP contribution in [0, 0.1) is 0 Å². The SMILES string of the molecule is COC1OC(OC)C2OCCOC12. The predicted molar refractivity (Wildman–Crippen MR) is 42.2 cm³/mol. The summed E-state index contributed by atoms with van der Waals surface area (Å²) in [5, 5.41) is 0. The Hall–Kier alpha value is -0.200. The van der Waals surface area contributed by atoms with Crippen molar-refractivity contribution in [1.29, 1.82) is 0 Å². The molecular weight excluding hydrogens is 176 g/mol. The molecule has 2 heterocycles. The number of hydrogen-bond donors (Lipinski definition) is 0. The van der Waals surface area contributed by atoms with Crippen LogP contribution in [0.25, 0.3) is 0 Å². The zero-order valence-electron chi connectivity index (χ0n) is 7.76. The van der Waals surface area contributed by atoms with Gasteiger partial charge in [0.05, 0.1) is 13.2 Å². The van der Waals surface area contributed by atoms with Crippen molar-refractivity contribution in [2.45, 2.75) is 24.8 Å². The van der Waals surface area contributed by atoms with Crippen molar-refractivity contribution >= 4 is 0 Å². The van der Waals surface area contributed by atoms with Gasteiger partial charge in [0.1, 0.15) is 12.2 Å². The van der Waals surface area contributed by atoms with E-state index in [0.29, 0.717) is 13.2 Å². The van der Waals surface area contributed by atoms with Gasteiger partial charge in [-0.1, -0.05) is 0 Å². The van der Waals surface area contributed by atoms with Crippen molar-refractivity contribution in [3.63, 3.8) is 0 Å². The first-order valence-electron chi connectivity index (χ1n) is 4.31. The Morgan fingerprint density at radius 1 is 0.923 bits per heavy atom. The predicted octanol–water partition coefficient (Wildman–Crippen LogP) is -0.254. The molecule has 0 aliphatic carbocycles. The van der Waals surface area contributed by atoms with E-state index in [4.69, 9.17) is 23.7 Å². The normalized spacial score (nSPS) is 44.8. The minimum absolute atomic E-state index is 0.163. The van der Waals surface area contributed by atoms with Crippen LogP contribution in [-0.4, -0.2) is 52.2 Å². The zero-order chi connectivity index (χ0) is 9.26. The molecule has 2 aliphatic heterocycles. The van der Waals surface area contributed by atoms with Gasteiger partial charge in [-0.05, 0) is 0 Å². The van der Waals surface area contributed by atoms with Crippen molar-refractivity contribution < 1.29 is 23.7 Å². The molecule has 0 radical (unpaired) electrons. The molecule has 0 amide bonds. The lowest BCUT2D eigenvalue weighted by Gasteiger charge is -2.27. The van der Waals surface area contributed by atoms with Crippen molar-refractivity contribution in [2.75, 3.05) is 27.4 Å². The van der Waals surface area contributed by atoms with Gasteiger partial charge >= 0.3 is 0 Å². The van der Waals surface area contributed by atoms with Gasteiger partial charge in [0.15, 0.2) is 12.6 Å². The molecule has 2 aliphatic rings. The third-order valence-corrected chi connectivity index (χ3v) is 2.30. The van der Waals surface area contributed by atoms with E-state index in [2.05, 4.69) is 0 Å². The van der Waals surface area contributed by atoms with Crippen LogP contribution in [0.1, 0.15) is 0 Å². The topological polar surface area (TPSA) is 46.2 Å². The summed E-state index contributed by atoms with van der Waals surface area (Å²) in [5.74, 6) is 0. The molecule has 76 valence electrons. The maximum atomic E-state index is 5.48. The summed E-state index contributed by atoms with van der Waals surface area (Å²) in [6.45, 7) is 1.17. The lowest BCUT2D eigenvalue weighted by atomic mass is 10.2. The molecule has 2 saturated heterocycles. The smallest absolute Gasteiger partial charge is 0.189 e. The van der Waals surface area contributed by atoms with Gasteiger partial charge in [-0.25, -0.2) is 0 Å². The molecule has 5 nitrogen and oxygen atoms in total. The van der Waals surface area contributed by atoms with Crippen molar-refractivity contribution in [3.8, 4) is 0 Å². The van der Waals surface area contributed by atoms with Crippen LogP contribution < -0.4 is 0 Å². The van der Waals surface area contributed by atoms with Crippen LogP contribution in [0.2, 0.25) is 0 Å². The molecule has 0 aromatic rings. The third-order valence-electron chi connectivity index (χ3n) is 2.30. The Kier molecular flexibility index (Phi) is 2.80. The minimum atomic E-state index is -0.379. The summed E-state index contributed by atoms with van der Waals surface area (Å²) in [6, 6.07) is 0. The van der Waals surface area contributed by atoms with Gasteiger partial charge in [0.25, 0.3) is 0 Å². The molecule has 2 rings (SSSR count). The van der Waals surface area contributed by atoms with Crippen LogP contribution in [-0.2, 0) is 23.7 Å². The van der Waals surface area contributed by atoms with Crippen molar-refractivity contribution in [3.05, 3.63) is 0 Å². The van der Waals surface area contributed by atoms with Gasteiger partial charge in [-0.3, -0.25) is 0 Å². The fourth-order valence-electron chi connectivity index (χ4n) is 1.69. The highest BCUT2D eigenvalue weighted by Crippen LogP contribution is 2.29. The van der Waals surface area contributed by atoms with E-state index in [1.807, 2.05) is 0 Å². The molecule has 4 unspecified atom stereocenters. The number of hydrogen-bond acceptors (Lipinski definition) is 5. The van der Waals surface area contributed by atoms with Crippen LogP contribution in [0.5, 0.6) is 0 Å². The molecule has 5 heteroatoms. The summed E-state index contributed by atoms with van der Waals surface area (Å²) in [4.78, 5) is 0. The first-order valence-corrected chi connectivity index (χ1v) is 4.31. The molecule has 0 bridgehead atoms. The number of rotatable bonds is 2. The van der Waals surface area contributed by atoms with E-state index in [9.17, 15) is 0 Å². The van der Waals surface area contributed by atoms with Crippen molar-refractivity contribution in [2.24, 2.45) is 0 Å². The van der Waals surface area contributed by atoms with E-state index < -0.39 is 0 Å². The lowest BCUT2D eigenvalue weighted by molar-refractivity contribution is -0.204. The van der Waals surface area contributed by atoms with Gasteiger partial charge in [-0.2, -0.15) is 0 Å². The molecular formula is C8H14O5. The van der Waals surface area contributed by atoms with Gasteiger partial charge in [-0.15, -0.1) is 0 Å².